The van der Waals surface area contributed by atoms with Gasteiger partial charge in [-0.3, -0.25) is 0 Å². The first-order chi connectivity index (χ1) is 12.2. The standard InChI is InChI=1S/C19H12FNO4/c20-15-5-2-1-4-12(15)10-16-14-8-7-13(11-18(14)25-21-16)24-19(22)17-6-3-9-23-17/h1-9,11H,10H2. The monoisotopic (exact) mass is 337 g/mol. The lowest BCUT2D eigenvalue weighted by atomic mass is 10.1. The zero-order valence-corrected chi connectivity index (χ0v) is 12.9. The SMILES string of the molecule is O=C(Oc1ccc2c(Cc3ccccc3F)noc2c1)c1ccco1. The number of ether oxygens (including phenoxy) is 1. The molecule has 0 unspecified atom stereocenters. The first kappa shape index (κ1) is 15.1. The highest BCUT2D eigenvalue weighted by molar-refractivity contribution is 5.89. The van der Waals surface area contributed by atoms with Crippen molar-refractivity contribution in [1.29, 1.82) is 0 Å². The van der Waals surface area contributed by atoms with Gasteiger partial charge in [0.2, 0.25) is 5.76 Å². The summed E-state index contributed by atoms with van der Waals surface area (Å²) in [7, 11) is 0. The second kappa shape index (κ2) is 6.24. The van der Waals surface area contributed by atoms with Crippen molar-refractivity contribution >= 4 is 16.9 Å². The number of halogens is 1. The Hall–Kier alpha value is -3.41. The van der Waals surface area contributed by atoms with Crippen LogP contribution in [0.1, 0.15) is 21.8 Å². The second-order valence-corrected chi connectivity index (χ2v) is 5.42. The maximum absolute atomic E-state index is 13.8. The molecular formula is C19H12FNO4. The maximum Gasteiger partial charge on any atom is 0.379 e. The summed E-state index contributed by atoms with van der Waals surface area (Å²) in [5.74, 6) is -0.474. The first-order valence-corrected chi connectivity index (χ1v) is 7.58. The molecule has 0 atom stereocenters. The van der Waals surface area contributed by atoms with Gasteiger partial charge in [-0.1, -0.05) is 23.4 Å². The molecule has 0 aliphatic rings. The van der Waals surface area contributed by atoms with E-state index >= 15 is 0 Å². The number of hydrogen-bond acceptors (Lipinski definition) is 5. The molecule has 4 rings (SSSR count). The van der Waals surface area contributed by atoms with Gasteiger partial charge in [0.25, 0.3) is 0 Å². The van der Waals surface area contributed by atoms with Crippen molar-refractivity contribution in [3.63, 3.8) is 0 Å². The van der Waals surface area contributed by atoms with Crippen molar-refractivity contribution in [2.24, 2.45) is 0 Å². The Labute approximate surface area is 141 Å². The number of esters is 1. The van der Waals surface area contributed by atoms with Crippen molar-refractivity contribution in [3.05, 3.63) is 83.7 Å². The average Bonchev–Trinajstić information content (AvgIpc) is 3.27. The minimum absolute atomic E-state index is 0.109. The van der Waals surface area contributed by atoms with Crippen molar-refractivity contribution in [2.75, 3.05) is 0 Å². The van der Waals surface area contributed by atoms with Gasteiger partial charge in [-0.05, 0) is 35.9 Å². The van der Waals surface area contributed by atoms with Gasteiger partial charge < -0.3 is 13.7 Å². The predicted molar refractivity (Wildman–Crippen MR) is 86.9 cm³/mol. The molecule has 5 nitrogen and oxygen atoms in total. The number of nitrogens with zero attached hydrogens (tertiary/aromatic N) is 1. The van der Waals surface area contributed by atoms with Crippen LogP contribution >= 0.6 is 0 Å². The fourth-order valence-electron chi connectivity index (χ4n) is 2.54. The number of carbonyl (C=O) groups is 1. The Morgan fingerprint density at radius 1 is 1.12 bits per heavy atom. The van der Waals surface area contributed by atoms with Gasteiger partial charge in [0.05, 0.1) is 12.0 Å². The molecule has 2 heterocycles. The van der Waals surface area contributed by atoms with E-state index in [2.05, 4.69) is 5.16 Å². The van der Waals surface area contributed by atoms with E-state index in [9.17, 15) is 9.18 Å². The van der Waals surface area contributed by atoms with Crippen LogP contribution in [-0.4, -0.2) is 11.1 Å². The van der Waals surface area contributed by atoms with Crippen LogP contribution in [-0.2, 0) is 6.42 Å². The van der Waals surface area contributed by atoms with Crippen LogP contribution in [0, 0.1) is 5.82 Å². The highest BCUT2D eigenvalue weighted by Gasteiger charge is 2.15. The Kier molecular flexibility index (Phi) is 3.78. The summed E-state index contributed by atoms with van der Waals surface area (Å²) >= 11 is 0. The van der Waals surface area contributed by atoms with Gasteiger partial charge in [0.1, 0.15) is 11.6 Å². The quantitative estimate of drug-likeness (QED) is 0.409. The summed E-state index contributed by atoms with van der Waals surface area (Å²) in [5, 5.41) is 4.74. The Balaban J connectivity index is 1.59. The van der Waals surface area contributed by atoms with E-state index in [-0.39, 0.29) is 11.6 Å². The van der Waals surface area contributed by atoms with Crippen molar-refractivity contribution in [2.45, 2.75) is 6.42 Å². The number of furan rings is 1. The van der Waals surface area contributed by atoms with Gasteiger partial charge in [-0.25, -0.2) is 9.18 Å². The van der Waals surface area contributed by atoms with E-state index in [4.69, 9.17) is 13.7 Å². The summed E-state index contributed by atoms with van der Waals surface area (Å²) in [5.41, 5.74) is 1.60. The topological polar surface area (TPSA) is 65.5 Å². The molecule has 124 valence electrons. The van der Waals surface area contributed by atoms with E-state index in [1.807, 2.05) is 0 Å². The smallest absolute Gasteiger partial charge is 0.379 e. The summed E-state index contributed by atoms with van der Waals surface area (Å²) in [6.07, 6.45) is 1.70. The minimum Gasteiger partial charge on any atom is -0.457 e. The Morgan fingerprint density at radius 2 is 2.00 bits per heavy atom. The average molecular weight is 337 g/mol. The van der Waals surface area contributed by atoms with Gasteiger partial charge in [0.15, 0.2) is 5.58 Å². The molecule has 6 heteroatoms. The predicted octanol–water partition coefficient (Wildman–Crippen LogP) is 4.37. The summed E-state index contributed by atoms with van der Waals surface area (Å²) in [4.78, 5) is 11.9. The third kappa shape index (κ3) is 3.01. The first-order valence-electron chi connectivity index (χ1n) is 7.58. The van der Waals surface area contributed by atoms with E-state index in [0.29, 0.717) is 29.0 Å². The molecule has 0 N–H and O–H groups in total. The third-order valence-corrected chi connectivity index (χ3v) is 3.77. The van der Waals surface area contributed by atoms with Crippen molar-refractivity contribution in [1.82, 2.24) is 5.16 Å². The summed E-state index contributed by atoms with van der Waals surface area (Å²) < 4.78 is 29.3. The third-order valence-electron chi connectivity index (χ3n) is 3.77. The van der Waals surface area contributed by atoms with E-state index in [1.165, 1.54) is 18.4 Å². The minimum atomic E-state index is -0.601. The number of hydrogen-bond donors (Lipinski definition) is 0. The van der Waals surface area contributed by atoms with Crippen molar-refractivity contribution < 1.29 is 22.9 Å². The lowest BCUT2D eigenvalue weighted by molar-refractivity contribution is 0.0701. The zero-order chi connectivity index (χ0) is 17.2. The molecule has 0 aliphatic heterocycles. The molecule has 4 aromatic rings. The molecule has 0 amide bonds. The van der Waals surface area contributed by atoms with Crippen LogP contribution in [0.15, 0.2) is 69.8 Å². The van der Waals surface area contributed by atoms with Gasteiger partial charge in [-0.15, -0.1) is 0 Å². The van der Waals surface area contributed by atoms with Crippen LogP contribution in [0.5, 0.6) is 5.75 Å². The number of benzene rings is 2. The number of aromatic nitrogens is 1. The largest absolute Gasteiger partial charge is 0.457 e. The lowest BCUT2D eigenvalue weighted by Gasteiger charge is -2.02. The maximum atomic E-state index is 13.8. The lowest BCUT2D eigenvalue weighted by Crippen LogP contribution is -2.06. The van der Waals surface area contributed by atoms with E-state index in [0.717, 1.165) is 5.39 Å². The fraction of sp³-hybridized carbons (Fsp3) is 0.0526. The molecule has 0 radical (unpaired) electrons. The van der Waals surface area contributed by atoms with E-state index < -0.39 is 5.97 Å². The molecular weight excluding hydrogens is 325 g/mol. The summed E-state index contributed by atoms with van der Waals surface area (Å²) in [6.45, 7) is 0. The van der Waals surface area contributed by atoms with E-state index in [1.54, 1.807) is 42.5 Å². The number of fused-ring (bicyclic) bond motifs is 1. The number of carbonyl (C=O) groups excluding carboxylic acids is 1. The molecule has 0 saturated heterocycles. The molecule has 0 fully saturated rings. The molecule has 0 aliphatic carbocycles. The normalized spacial score (nSPS) is 10.9. The van der Waals surface area contributed by atoms with Crippen LogP contribution in [0.2, 0.25) is 0 Å². The second-order valence-electron chi connectivity index (χ2n) is 5.42. The van der Waals surface area contributed by atoms with Gasteiger partial charge in [0, 0.05) is 17.9 Å². The summed E-state index contributed by atoms with van der Waals surface area (Å²) in [6, 6.07) is 14.6. The van der Waals surface area contributed by atoms with Crippen LogP contribution in [0.4, 0.5) is 4.39 Å². The Bertz CT molecular complexity index is 1040. The van der Waals surface area contributed by atoms with Crippen LogP contribution in [0.3, 0.4) is 0 Å². The van der Waals surface area contributed by atoms with Gasteiger partial charge in [-0.2, -0.15) is 0 Å². The molecule has 2 aromatic carbocycles. The molecule has 0 bridgehead atoms. The van der Waals surface area contributed by atoms with Crippen LogP contribution < -0.4 is 4.74 Å². The van der Waals surface area contributed by atoms with Crippen molar-refractivity contribution in [3.8, 4) is 5.75 Å². The number of rotatable bonds is 4. The molecule has 2 aromatic heterocycles. The molecule has 0 spiro atoms. The zero-order valence-electron chi connectivity index (χ0n) is 12.9. The molecule has 25 heavy (non-hydrogen) atoms. The highest BCUT2D eigenvalue weighted by atomic mass is 19.1. The van der Waals surface area contributed by atoms with Crippen LogP contribution in [0.25, 0.3) is 11.0 Å². The highest BCUT2D eigenvalue weighted by Crippen LogP contribution is 2.26. The van der Waals surface area contributed by atoms with Gasteiger partial charge >= 0.3 is 5.97 Å². The Morgan fingerprint density at radius 3 is 2.80 bits per heavy atom. The fourth-order valence-corrected chi connectivity index (χ4v) is 2.54. The molecule has 0 saturated carbocycles.